The fourth-order valence-electron chi connectivity index (χ4n) is 1.18. The number of nitrogens with one attached hydrogen (secondary N) is 1. The van der Waals surface area contributed by atoms with Crippen LogP contribution in [0.3, 0.4) is 0 Å². The third-order valence-corrected chi connectivity index (χ3v) is 1.90. The minimum atomic E-state index is 0.236. The first-order valence-corrected chi connectivity index (χ1v) is 4.43. The van der Waals surface area contributed by atoms with Gasteiger partial charge in [0.1, 0.15) is 5.78 Å². The predicted octanol–water partition coefficient (Wildman–Crippen LogP) is 1.60. The van der Waals surface area contributed by atoms with Gasteiger partial charge in [-0.2, -0.15) is 0 Å². The van der Waals surface area contributed by atoms with Crippen molar-refractivity contribution in [1.29, 1.82) is 0 Å². The van der Waals surface area contributed by atoms with Crippen molar-refractivity contribution in [3.8, 4) is 0 Å². The van der Waals surface area contributed by atoms with E-state index in [2.05, 4.69) is 12.2 Å². The Morgan fingerprint density at radius 1 is 1.45 bits per heavy atom. The van der Waals surface area contributed by atoms with Gasteiger partial charge >= 0.3 is 0 Å². The number of carbonyl (C=O) groups excluding carboxylic acids is 1. The zero-order valence-corrected chi connectivity index (χ0v) is 7.81. The molecule has 0 aromatic rings. The van der Waals surface area contributed by atoms with Crippen LogP contribution in [-0.2, 0) is 4.79 Å². The molecule has 0 radical (unpaired) electrons. The molecule has 0 aromatic heterocycles. The molecule has 0 aliphatic carbocycles. The molecule has 0 heterocycles. The summed E-state index contributed by atoms with van der Waals surface area (Å²) in [7, 11) is 1.89. The van der Waals surface area contributed by atoms with E-state index in [9.17, 15) is 4.79 Å². The average molecular weight is 157 g/mol. The molecule has 0 aliphatic heterocycles. The van der Waals surface area contributed by atoms with E-state index in [4.69, 9.17) is 0 Å². The third kappa shape index (κ3) is 4.14. The predicted molar refractivity (Wildman–Crippen MR) is 47.6 cm³/mol. The zero-order valence-electron chi connectivity index (χ0n) is 7.81. The summed E-state index contributed by atoms with van der Waals surface area (Å²) in [6, 6.07) is 0. The van der Waals surface area contributed by atoms with Crippen LogP contribution in [0.15, 0.2) is 0 Å². The van der Waals surface area contributed by atoms with Gasteiger partial charge in [-0.15, -0.1) is 0 Å². The molecule has 0 saturated carbocycles. The second-order valence-electron chi connectivity index (χ2n) is 2.88. The van der Waals surface area contributed by atoms with Gasteiger partial charge in [-0.25, -0.2) is 0 Å². The van der Waals surface area contributed by atoms with Crippen LogP contribution in [0.25, 0.3) is 0 Å². The van der Waals surface area contributed by atoms with Gasteiger partial charge in [0.05, 0.1) is 0 Å². The molecule has 11 heavy (non-hydrogen) atoms. The summed E-state index contributed by atoms with van der Waals surface area (Å²) in [6.07, 6.45) is 2.67. The first kappa shape index (κ1) is 10.6. The summed E-state index contributed by atoms with van der Waals surface area (Å²) in [6.45, 7) is 4.94. The first-order chi connectivity index (χ1) is 5.26. The van der Waals surface area contributed by atoms with Crippen LogP contribution in [0.5, 0.6) is 0 Å². The van der Waals surface area contributed by atoms with Crippen molar-refractivity contribution < 1.29 is 4.79 Å². The Kier molecular flexibility index (Phi) is 6.13. The van der Waals surface area contributed by atoms with Crippen molar-refractivity contribution >= 4 is 5.78 Å². The van der Waals surface area contributed by atoms with Gasteiger partial charge in [-0.1, -0.05) is 13.8 Å². The molecule has 0 spiro atoms. The molecule has 2 heteroatoms. The van der Waals surface area contributed by atoms with Crippen molar-refractivity contribution in [3.63, 3.8) is 0 Å². The van der Waals surface area contributed by atoms with Crippen molar-refractivity contribution in [2.75, 3.05) is 13.6 Å². The molecular formula is C9H19NO. The fraction of sp³-hybridized carbons (Fsp3) is 0.889. The summed E-state index contributed by atoms with van der Waals surface area (Å²) < 4.78 is 0. The lowest BCUT2D eigenvalue weighted by Gasteiger charge is -2.11. The summed E-state index contributed by atoms with van der Waals surface area (Å²) >= 11 is 0. The van der Waals surface area contributed by atoms with Crippen molar-refractivity contribution in [2.24, 2.45) is 5.92 Å². The van der Waals surface area contributed by atoms with Crippen LogP contribution in [-0.4, -0.2) is 19.4 Å². The minimum Gasteiger partial charge on any atom is -0.319 e. The van der Waals surface area contributed by atoms with Crippen LogP contribution in [0, 0.1) is 5.92 Å². The SMILES string of the molecule is CCCC(=O)C(CC)CNC. The van der Waals surface area contributed by atoms with Gasteiger partial charge in [0.2, 0.25) is 0 Å². The quantitative estimate of drug-likeness (QED) is 0.634. The van der Waals surface area contributed by atoms with Crippen LogP contribution in [0.2, 0.25) is 0 Å². The van der Waals surface area contributed by atoms with Crippen LogP contribution < -0.4 is 5.32 Å². The van der Waals surface area contributed by atoms with Gasteiger partial charge in [-0.3, -0.25) is 4.79 Å². The summed E-state index contributed by atoms with van der Waals surface area (Å²) in [5.74, 6) is 0.643. The monoisotopic (exact) mass is 157 g/mol. The van der Waals surface area contributed by atoms with Crippen molar-refractivity contribution in [3.05, 3.63) is 0 Å². The van der Waals surface area contributed by atoms with Gasteiger partial charge in [0.25, 0.3) is 0 Å². The van der Waals surface area contributed by atoms with E-state index in [1.807, 2.05) is 14.0 Å². The van der Waals surface area contributed by atoms with Gasteiger partial charge < -0.3 is 5.32 Å². The Hall–Kier alpha value is -0.370. The maximum absolute atomic E-state index is 11.3. The maximum Gasteiger partial charge on any atom is 0.137 e. The van der Waals surface area contributed by atoms with E-state index in [1.165, 1.54) is 0 Å². The standard InChI is InChI=1S/C9H19NO/c1-4-6-9(11)8(5-2)7-10-3/h8,10H,4-7H2,1-3H3. The third-order valence-electron chi connectivity index (χ3n) is 1.90. The van der Waals surface area contributed by atoms with Crippen LogP contribution >= 0.6 is 0 Å². The van der Waals surface area contributed by atoms with E-state index in [0.29, 0.717) is 5.78 Å². The van der Waals surface area contributed by atoms with E-state index in [1.54, 1.807) is 0 Å². The summed E-state index contributed by atoms with van der Waals surface area (Å²) in [5, 5.41) is 3.04. The number of Topliss-reactive ketones (excluding diaryl/α,β-unsaturated/α-hetero) is 1. The van der Waals surface area contributed by atoms with Gasteiger partial charge in [0, 0.05) is 18.9 Å². The Morgan fingerprint density at radius 3 is 2.45 bits per heavy atom. The Bertz CT molecular complexity index is 112. The highest BCUT2D eigenvalue weighted by Gasteiger charge is 2.13. The van der Waals surface area contributed by atoms with E-state index in [-0.39, 0.29) is 5.92 Å². The molecule has 0 fully saturated rings. The Balaban J connectivity index is 3.71. The molecular weight excluding hydrogens is 138 g/mol. The molecule has 0 saturated heterocycles. The lowest BCUT2D eigenvalue weighted by molar-refractivity contribution is -0.122. The first-order valence-electron chi connectivity index (χ1n) is 4.43. The lowest BCUT2D eigenvalue weighted by atomic mass is 9.98. The highest BCUT2D eigenvalue weighted by molar-refractivity contribution is 5.81. The second-order valence-corrected chi connectivity index (χ2v) is 2.88. The molecule has 66 valence electrons. The molecule has 0 aromatic carbocycles. The smallest absolute Gasteiger partial charge is 0.137 e. The second kappa shape index (κ2) is 6.35. The highest BCUT2D eigenvalue weighted by atomic mass is 16.1. The summed E-state index contributed by atoms with van der Waals surface area (Å²) in [4.78, 5) is 11.3. The topological polar surface area (TPSA) is 29.1 Å². The molecule has 1 atom stereocenters. The van der Waals surface area contributed by atoms with E-state index < -0.39 is 0 Å². The highest BCUT2D eigenvalue weighted by Crippen LogP contribution is 2.06. The van der Waals surface area contributed by atoms with E-state index >= 15 is 0 Å². The maximum atomic E-state index is 11.3. The lowest BCUT2D eigenvalue weighted by Crippen LogP contribution is -2.25. The number of hydrogen-bond acceptors (Lipinski definition) is 2. The van der Waals surface area contributed by atoms with Crippen LogP contribution in [0.4, 0.5) is 0 Å². The van der Waals surface area contributed by atoms with Crippen molar-refractivity contribution in [1.82, 2.24) is 5.32 Å². The molecule has 2 nitrogen and oxygen atoms in total. The molecule has 1 unspecified atom stereocenters. The van der Waals surface area contributed by atoms with Gasteiger partial charge in [-0.05, 0) is 19.9 Å². The zero-order chi connectivity index (χ0) is 8.69. The van der Waals surface area contributed by atoms with Crippen LogP contribution in [0.1, 0.15) is 33.1 Å². The number of rotatable bonds is 6. The molecule has 0 bridgehead atoms. The van der Waals surface area contributed by atoms with Crippen molar-refractivity contribution in [2.45, 2.75) is 33.1 Å². The van der Waals surface area contributed by atoms with Gasteiger partial charge in [0.15, 0.2) is 0 Å². The fourth-order valence-corrected chi connectivity index (χ4v) is 1.18. The number of ketones is 1. The Labute approximate surface area is 69.4 Å². The normalized spacial score (nSPS) is 13.0. The largest absolute Gasteiger partial charge is 0.319 e. The summed E-state index contributed by atoms with van der Waals surface area (Å²) in [5.41, 5.74) is 0. The number of hydrogen-bond donors (Lipinski definition) is 1. The number of carbonyl (C=O) groups is 1. The molecule has 0 aliphatic rings. The molecule has 1 N–H and O–H groups in total. The average Bonchev–Trinajstić information content (AvgIpc) is 2.00. The molecule has 0 rings (SSSR count). The Morgan fingerprint density at radius 2 is 2.09 bits per heavy atom. The minimum absolute atomic E-state index is 0.236. The molecule has 0 amide bonds. The van der Waals surface area contributed by atoms with E-state index in [0.717, 1.165) is 25.8 Å².